The molecule has 0 N–H and O–H groups in total. The van der Waals surface area contributed by atoms with Gasteiger partial charge in [-0.3, -0.25) is 0 Å². The van der Waals surface area contributed by atoms with E-state index in [1.165, 1.54) is 31.1 Å². The van der Waals surface area contributed by atoms with Crippen LogP contribution in [0.1, 0.15) is 0 Å². The van der Waals surface area contributed by atoms with E-state index in [-0.39, 0.29) is 0 Å². The van der Waals surface area contributed by atoms with Crippen molar-refractivity contribution in [3.8, 4) is 0 Å². The summed E-state index contributed by atoms with van der Waals surface area (Å²) in [5.74, 6) is 0. The minimum atomic E-state index is -2.85. The van der Waals surface area contributed by atoms with Crippen LogP contribution in [0.3, 0.4) is 0 Å². The maximum atomic E-state index is 3.87. The van der Waals surface area contributed by atoms with Gasteiger partial charge >= 0.3 is 0 Å². The third kappa shape index (κ3) is 4.27. The Morgan fingerprint density at radius 1 is 0.282 bits per heavy atom. The van der Waals surface area contributed by atoms with Gasteiger partial charge in [0.2, 0.25) is 0 Å². The second-order valence-electron chi connectivity index (χ2n) is 9.84. The van der Waals surface area contributed by atoms with Gasteiger partial charge in [0.15, 0.2) is 15.2 Å². The molecule has 3 heteroatoms. The largest absolute Gasteiger partial charge is 0.154 e. The van der Waals surface area contributed by atoms with Crippen LogP contribution >= 0.6 is 15.9 Å². The topological polar surface area (TPSA) is 0 Å². The zero-order chi connectivity index (χ0) is 26.5. The van der Waals surface area contributed by atoms with Crippen LogP contribution in [0, 0.1) is 0 Å². The summed E-state index contributed by atoms with van der Waals surface area (Å²) in [5.41, 5.74) is 0. The summed E-state index contributed by atoms with van der Waals surface area (Å²) in [7, 11) is -5.68. The van der Waals surface area contributed by atoms with Crippen LogP contribution in [0.15, 0.2) is 180 Å². The molecule has 0 bridgehead atoms. The molecule has 0 aliphatic carbocycles. The summed E-state index contributed by atoms with van der Waals surface area (Å²) in [4.78, 5) is 0. The van der Waals surface area contributed by atoms with Gasteiger partial charge in [0.05, 0.1) is 0 Å². The molecule has 6 rings (SSSR count). The third-order valence-electron chi connectivity index (χ3n) is 7.85. The molecule has 39 heavy (non-hydrogen) atoms. The zero-order valence-corrected chi connectivity index (χ0v) is 25.2. The Kier molecular flexibility index (Phi) is 7.29. The Morgan fingerprint density at radius 2 is 0.538 bits per heavy atom. The Labute approximate surface area is 241 Å². The Bertz CT molecular complexity index is 1500. The highest BCUT2D eigenvalue weighted by molar-refractivity contribution is 9.10. The maximum Gasteiger partial charge on any atom is 0.154 e. The second-order valence-corrected chi connectivity index (χ2v) is 21.7. The molecule has 0 aliphatic rings. The Hall–Kier alpha value is -3.77. The smallest absolute Gasteiger partial charge is 0.0624 e. The van der Waals surface area contributed by atoms with Crippen LogP contribution < -0.4 is 31.1 Å². The summed E-state index contributed by atoms with van der Waals surface area (Å²) < 4.78 is 1.11. The van der Waals surface area contributed by atoms with Crippen molar-refractivity contribution in [2.45, 2.75) is 0 Å². The van der Waals surface area contributed by atoms with Crippen molar-refractivity contribution in [3.05, 3.63) is 180 Å². The van der Waals surface area contributed by atoms with Crippen LogP contribution in [0.5, 0.6) is 0 Å². The van der Waals surface area contributed by atoms with Gasteiger partial charge in [-0.25, -0.2) is 0 Å². The van der Waals surface area contributed by atoms with Gasteiger partial charge in [0.1, 0.15) is 0 Å². The van der Waals surface area contributed by atoms with E-state index >= 15 is 0 Å². The predicted molar refractivity (Wildman–Crippen MR) is 176 cm³/mol. The van der Waals surface area contributed by atoms with Gasteiger partial charge in [0, 0.05) is 4.47 Å². The summed E-state index contributed by atoms with van der Waals surface area (Å²) in [6.45, 7) is 0. The van der Waals surface area contributed by atoms with E-state index in [0.717, 1.165) is 4.47 Å². The van der Waals surface area contributed by atoms with Crippen LogP contribution in [0.4, 0.5) is 0 Å². The average molecular weight is 598 g/mol. The lowest BCUT2D eigenvalue weighted by molar-refractivity contribution is 1.65. The van der Waals surface area contributed by atoms with Crippen LogP contribution in [0.25, 0.3) is 0 Å². The van der Waals surface area contributed by atoms with E-state index in [0.29, 0.717) is 0 Å². The molecular weight excluding hydrogens is 568 g/mol. The molecule has 0 fully saturated rings. The average Bonchev–Trinajstić information content (AvgIpc) is 3.02. The highest BCUT2D eigenvalue weighted by Gasteiger charge is 2.61. The number of rotatable bonds is 7. The van der Waals surface area contributed by atoms with Gasteiger partial charge in [-0.15, -0.1) is 0 Å². The fraction of sp³-hybridized carbons (Fsp3) is 0. The first-order valence-electron chi connectivity index (χ1n) is 13.3. The first kappa shape index (κ1) is 25.5. The van der Waals surface area contributed by atoms with Crippen molar-refractivity contribution in [3.63, 3.8) is 0 Å². The maximum absolute atomic E-state index is 3.87. The minimum absolute atomic E-state index is 1.11. The molecule has 0 nitrogen and oxygen atoms in total. The van der Waals surface area contributed by atoms with Gasteiger partial charge in [-0.2, -0.15) is 0 Å². The van der Waals surface area contributed by atoms with Crippen molar-refractivity contribution in [1.82, 2.24) is 0 Å². The molecule has 0 atom stereocenters. The molecule has 0 saturated heterocycles. The normalized spacial score (nSPS) is 11.7. The predicted octanol–water partition coefficient (Wildman–Crippen LogP) is 5.17. The number of hydrogen-bond acceptors (Lipinski definition) is 0. The first-order valence-corrected chi connectivity index (χ1v) is 19.1. The van der Waals surface area contributed by atoms with E-state index < -0.39 is 15.2 Å². The molecule has 0 aliphatic heterocycles. The van der Waals surface area contributed by atoms with Crippen molar-refractivity contribution < 1.29 is 0 Å². The lowest BCUT2D eigenvalue weighted by Crippen LogP contribution is -2.94. The molecule has 0 aromatic heterocycles. The van der Waals surface area contributed by atoms with Gasteiger partial charge in [-0.05, 0) is 17.3 Å². The van der Waals surface area contributed by atoms with Crippen molar-refractivity contribution in [2.24, 2.45) is 0 Å². The van der Waals surface area contributed by atoms with Gasteiger partial charge in [-0.1, -0.05) is 206 Å². The number of hydrogen-bond donors (Lipinski definition) is 0. The summed E-state index contributed by atoms with van der Waals surface area (Å²) in [6, 6.07) is 65.9. The van der Waals surface area contributed by atoms with Crippen molar-refractivity contribution in [2.75, 3.05) is 0 Å². The molecule has 0 heterocycles. The molecule has 0 spiro atoms. The molecule has 0 radical (unpaired) electrons. The minimum Gasteiger partial charge on any atom is -0.0624 e. The van der Waals surface area contributed by atoms with Gasteiger partial charge < -0.3 is 0 Å². The monoisotopic (exact) mass is 596 g/mol. The summed E-state index contributed by atoms with van der Waals surface area (Å²) in [5, 5.41) is 8.57. The summed E-state index contributed by atoms with van der Waals surface area (Å²) in [6.07, 6.45) is 0. The molecule has 0 saturated carbocycles. The standard InChI is InChI=1S/C36H29BrSi2/c37-30-17-16-28-36(29-30)39(34-24-12-4-13-25-34,35-26-14-5-15-27-35)38(31-18-6-1-7-19-31,32-20-8-2-9-21-32)33-22-10-3-11-23-33/h1-29H. The summed E-state index contributed by atoms with van der Waals surface area (Å²) >= 11 is 3.87. The van der Waals surface area contributed by atoms with Crippen LogP contribution in [-0.4, -0.2) is 15.2 Å². The van der Waals surface area contributed by atoms with Gasteiger partial charge in [0.25, 0.3) is 0 Å². The quantitative estimate of drug-likeness (QED) is 0.176. The van der Waals surface area contributed by atoms with E-state index in [1.54, 1.807) is 0 Å². The number of benzene rings is 6. The fourth-order valence-corrected chi connectivity index (χ4v) is 26.6. The van der Waals surface area contributed by atoms with Crippen molar-refractivity contribution in [1.29, 1.82) is 0 Å². The molecule has 0 amide bonds. The first-order chi connectivity index (χ1) is 19.3. The highest BCUT2D eigenvalue weighted by atomic mass is 79.9. The third-order valence-corrected chi connectivity index (χ3v) is 25.2. The lowest BCUT2D eigenvalue weighted by Gasteiger charge is -2.50. The SMILES string of the molecule is Brc1cccc([Si](c2ccccc2)(c2ccccc2)[Si](c2ccccc2)(c2ccccc2)c2ccccc2)c1. The van der Waals surface area contributed by atoms with Crippen LogP contribution in [0.2, 0.25) is 0 Å². The Balaban J connectivity index is 1.94. The highest BCUT2D eigenvalue weighted by Crippen LogP contribution is 2.24. The van der Waals surface area contributed by atoms with Crippen molar-refractivity contribution >= 4 is 62.2 Å². The van der Waals surface area contributed by atoms with E-state index in [2.05, 4.69) is 192 Å². The van der Waals surface area contributed by atoms with Crippen LogP contribution in [-0.2, 0) is 0 Å². The lowest BCUT2D eigenvalue weighted by atomic mass is 10.3. The molecule has 188 valence electrons. The Morgan fingerprint density at radius 3 is 0.821 bits per heavy atom. The second kappa shape index (κ2) is 11.1. The fourth-order valence-electron chi connectivity index (χ4n) is 6.46. The van der Waals surface area contributed by atoms with E-state index in [1.807, 2.05) is 0 Å². The number of halogens is 1. The zero-order valence-electron chi connectivity index (χ0n) is 21.6. The van der Waals surface area contributed by atoms with E-state index in [9.17, 15) is 0 Å². The molecule has 6 aromatic rings. The molecule has 0 unspecified atom stereocenters. The van der Waals surface area contributed by atoms with E-state index in [4.69, 9.17) is 0 Å². The molecule has 6 aromatic carbocycles. The molecular formula is C36H29BrSi2.